The molecule has 0 spiro atoms. The lowest BCUT2D eigenvalue weighted by atomic mass is 10.1. The molecular formula is C12H21N3O3. The van der Waals surface area contributed by atoms with Gasteiger partial charge >= 0.3 is 12.0 Å². The van der Waals surface area contributed by atoms with E-state index in [9.17, 15) is 9.59 Å². The minimum absolute atomic E-state index is 0.00880. The highest BCUT2D eigenvalue weighted by Gasteiger charge is 2.33. The van der Waals surface area contributed by atoms with Gasteiger partial charge in [0.25, 0.3) is 0 Å². The minimum Gasteiger partial charge on any atom is -0.481 e. The summed E-state index contributed by atoms with van der Waals surface area (Å²) < 4.78 is 0. The van der Waals surface area contributed by atoms with Crippen molar-refractivity contribution in [2.24, 2.45) is 5.92 Å². The van der Waals surface area contributed by atoms with Gasteiger partial charge in [-0.2, -0.15) is 0 Å². The maximum Gasteiger partial charge on any atom is 0.320 e. The number of carboxylic acid groups (broad SMARTS) is 1. The molecule has 0 aromatic heterocycles. The summed E-state index contributed by atoms with van der Waals surface area (Å²) in [4.78, 5) is 28.9. The number of nitrogens with zero attached hydrogens (tertiary/aromatic N) is 3. The molecule has 2 rings (SSSR count). The van der Waals surface area contributed by atoms with Crippen LogP contribution in [0.25, 0.3) is 0 Å². The molecule has 6 heteroatoms. The van der Waals surface area contributed by atoms with Crippen LogP contribution in [-0.2, 0) is 4.79 Å². The number of rotatable bonds is 2. The standard InChI is InChI=1S/C12H21N3O3/c1-2-13-5-7-14(8-6-13)12(18)15-4-3-10(9-15)11(16)17/h10H,2-9H2,1H3,(H,16,17). The summed E-state index contributed by atoms with van der Waals surface area (Å²) >= 11 is 0. The summed E-state index contributed by atoms with van der Waals surface area (Å²) in [6.45, 7) is 7.41. The summed E-state index contributed by atoms with van der Waals surface area (Å²) in [5.41, 5.74) is 0. The summed E-state index contributed by atoms with van der Waals surface area (Å²) in [7, 11) is 0. The zero-order valence-corrected chi connectivity index (χ0v) is 10.8. The molecular weight excluding hydrogens is 234 g/mol. The van der Waals surface area contributed by atoms with E-state index >= 15 is 0 Å². The number of likely N-dealkylation sites (N-methyl/N-ethyl adjacent to an activating group) is 1. The molecule has 2 saturated heterocycles. The lowest BCUT2D eigenvalue weighted by Gasteiger charge is -2.36. The number of carbonyl (C=O) groups is 2. The number of aliphatic carboxylic acids is 1. The monoisotopic (exact) mass is 255 g/mol. The van der Waals surface area contributed by atoms with Gasteiger partial charge in [-0.05, 0) is 13.0 Å². The van der Waals surface area contributed by atoms with Crippen LogP contribution in [0.4, 0.5) is 4.79 Å². The first-order valence-corrected chi connectivity index (χ1v) is 6.60. The number of amides is 2. The van der Waals surface area contributed by atoms with Crippen LogP contribution in [0.5, 0.6) is 0 Å². The molecule has 2 heterocycles. The Morgan fingerprint density at radius 2 is 1.78 bits per heavy atom. The van der Waals surface area contributed by atoms with E-state index in [0.717, 1.165) is 32.7 Å². The van der Waals surface area contributed by atoms with Crippen LogP contribution in [-0.4, -0.2) is 77.6 Å². The number of likely N-dealkylation sites (tertiary alicyclic amines) is 1. The van der Waals surface area contributed by atoms with Crippen molar-refractivity contribution in [3.05, 3.63) is 0 Å². The zero-order chi connectivity index (χ0) is 13.1. The number of hydrogen-bond acceptors (Lipinski definition) is 3. The molecule has 1 N–H and O–H groups in total. The van der Waals surface area contributed by atoms with Gasteiger partial charge in [0.2, 0.25) is 0 Å². The van der Waals surface area contributed by atoms with E-state index in [2.05, 4.69) is 11.8 Å². The molecule has 102 valence electrons. The van der Waals surface area contributed by atoms with Gasteiger partial charge in [0, 0.05) is 39.3 Å². The van der Waals surface area contributed by atoms with Crippen molar-refractivity contribution in [2.75, 3.05) is 45.8 Å². The Bertz CT molecular complexity index is 327. The molecule has 1 atom stereocenters. The van der Waals surface area contributed by atoms with Gasteiger partial charge in [-0.15, -0.1) is 0 Å². The van der Waals surface area contributed by atoms with Crippen molar-refractivity contribution in [2.45, 2.75) is 13.3 Å². The van der Waals surface area contributed by atoms with Gasteiger partial charge in [0.05, 0.1) is 5.92 Å². The topological polar surface area (TPSA) is 64.1 Å². The van der Waals surface area contributed by atoms with Crippen molar-refractivity contribution in [1.82, 2.24) is 14.7 Å². The SMILES string of the molecule is CCN1CCN(C(=O)N2CCC(C(=O)O)C2)CC1. The third kappa shape index (κ3) is 2.75. The van der Waals surface area contributed by atoms with E-state index in [1.54, 1.807) is 4.90 Å². The van der Waals surface area contributed by atoms with Gasteiger partial charge in [0.1, 0.15) is 0 Å². The highest BCUT2D eigenvalue weighted by atomic mass is 16.4. The van der Waals surface area contributed by atoms with Crippen LogP contribution in [0.15, 0.2) is 0 Å². The Labute approximate surface area is 107 Å². The molecule has 18 heavy (non-hydrogen) atoms. The second-order valence-corrected chi connectivity index (χ2v) is 4.97. The van der Waals surface area contributed by atoms with E-state index < -0.39 is 5.97 Å². The van der Waals surface area contributed by atoms with Crippen LogP contribution < -0.4 is 0 Å². The summed E-state index contributed by atoms with van der Waals surface area (Å²) in [6, 6.07) is 0.00880. The second-order valence-electron chi connectivity index (χ2n) is 4.97. The van der Waals surface area contributed by atoms with Crippen molar-refractivity contribution >= 4 is 12.0 Å². The van der Waals surface area contributed by atoms with E-state index in [-0.39, 0.29) is 11.9 Å². The van der Waals surface area contributed by atoms with E-state index in [1.165, 1.54) is 0 Å². The minimum atomic E-state index is -0.791. The Morgan fingerprint density at radius 1 is 1.11 bits per heavy atom. The fourth-order valence-electron chi connectivity index (χ4n) is 2.59. The first-order chi connectivity index (χ1) is 8.61. The number of urea groups is 1. The highest BCUT2D eigenvalue weighted by Crippen LogP contribution is 2.18. The fourth-order valence-corrected chi connectivity index (χ4v) is 2.59. The van der Waals surface area contributed by atoms with Crippen LogP contribution in [0.1, 0.15) is 13.3 Å². The predicted octanol–water partition coefficient (Wildman–Crippen LogP) is 0.150. The Balaban J connectivity index is 1.84. The quantitative estimate of drug-likeness (QED) is 0.763. The molecule has 2 amide bonds. The fraction of sp³-hybridized carbons (Fsp3) is 0.833. The molecule has 1 unspecified atom stereocenters. The third-order valence-corrected chi connectivity index (χ3v) is 3.90. The molecule has 0 aromatic rings. The van der Waals surface area contributed by atoms with Crippen molar-refractivity contribution in [3.8, 4) is 0 Å². The largest absolute Gasteiger partial charge is 0.481 e. The Kier molecular flexibility index (Phi) is 4.06. The Morgan fingerprint density at radius 3 is 2.28 bits per heavy atom. The van der Waals surface area contributed by atoms with Gasteiger partial charge in [-0.25, -0.2) is 4.79 Å². The van der Waals surface area contributed by atoms with E-state index in [0.29, 0.717) is 19.5 Å². The Hall–Kier alpha value is -1.30. The van der Waals surface area contributed by atoms with Gasteiger partial charge < -0.3 is 19.8 Å². The van der Waals surface area contributed by atoms with Crippen LogP contribution in [0.2, 0.25) is 0 Å². The molecule has 0 saturated carbocycles. The molecule has 0 radical (unpaired) electrons. The van der Waals surface area contributed by atoms with Crippen LogP contribution >= 0.6 is 0 Å². The lowest BCUT2D eigenvalue weighted by molar-refractivity contribution is -0.141. The first kappa shape index (κ1) is 13.1. The van der Waals surface area contributed by atoms with Gasteiger partial charge in [0.15, 0.2) is 0 Å². The van der Waals surface area contributed by atoms with Gasteiger partial charge in [-0.1, -0.05) is 6.92 Å². The molecule has 2 aliphatic heterocycles. The third-order valence-electron chi connectivity index (χ3n) is 3.90. The van der Waals surface area contributed by atoms with Crippen molar-refractivity contribution in [1.29, 1.82) is 0 Å². The number of carbonyl (C=O) groups excluding carboxylic acids is 1. The number of piperazine rings is 1. The molecule has 0 bridgehead atoms. The smallest absolute Gasteiger partial charge is 0.320 e. The normalized spacial score (nSPS) is 25.5. The van der Waals surface area contributed by atoms with Crippen molar-refractivity contribution in [3.63, 3.8) is 0 Å². The first-order valence-electron chi connectivity index (χ1n) is 6.60. The molecule has 0 aromatic carbocycles. The second kappa shape index (κ2) is 5.56. The number of hydrogen-bond donors (Lipinski definition) is 1. The summed E-state index contributed by atoms with van der Waals surface area (Å²) in [5, 5.41) is 8.93. The molecule has 2 aliphatic rings. The summed E-state index contributed by atoms with van der Waals surface area (Å²) in [5.74, 6) is -1.17. The molecule has 6 nitrogen and oxygen atoms in total. The highest BCUT2D eigenvalue weighted by molar-refractivity contribution is 5.77. The average molecular weight is 255 g/mol. The van der Waals surface area contributed by atoms with Crippen molar-refractivity contribution < 1.29 is 14.7 Å². The maximum atomic E-state index is 12.2. The number of carboxylic acids is 1. The summed E-state index contributed by atoms with van der Waals surface area (Å²) in [6.07, 6.45) is 0.579. The predicted molar refractivity (Wildman–Crippen MR) is 66.4 cm³/mol. The van der Waals surface area contributed by atoms with E-state index in [4.69, 9.17) is 5.11 Å². The molecule has 2 fully saturated rings. The van der Waals surface area contributed by atoms with Gasteiger partial charge in [-0.3, -0.25) is 4.79 Å². The lowest BCUT2D eigenvalue weighted by Crippen LogP contribution is -2.52. The van der Waals surface area contributed by atoms with Crippen LogP contribution in [0, 0.1) is 5.92 Å². The molecule has 0 aliphatic carbocycles. The maximum absolute atomic E-state index is 12.2. The van der Waals surface area contributed by atoms with E-state index in [1.807, 2.05) is 4.90 Å². The van der Waals surface area contributed by atoms with Crippen LogP contribution in [0.3, 0.4) is 0 Å². The zero-order valence-electron chi connectivity index (χ0n) is 10.8. The average Bonchev–Trinajstić information content (AvgIpc) is 2.88.